The summed E-state index contributed by atoms with van der Waals surface area (Å²) in [6, 6.07) is 15.2. The highest BCUT2D eigenvalue weighted by atomic mass is 16.6. The molecule has 2 aromatic carbocycles. The fourth-order valence-electron chi connectivity index (χ4n) is 3.87. The molecule has 0 bridgehead atoms. The molecule has 0 atom stereocenters. The van der Waals surface area contributed by atoms with Gasteiger partial charge in [0.25, 0.3) is 11.6 Å². The second-order valence-corrected chi connectivity index (χ2v) is 9.59. The van der Waals surface area contributed by atoms with E-state index < -0.39 is 23.4 Å². The highest BCUT2D eigenvalue weighted by Crippen LogP contribution is 2.28. The van der Waals surface area contributed by atoms with E-state index in [9.17, 15) is 19.7 Å². The number of carbonyl (C=O) groups is 2. The van der Waals surface area contributed by atoms with Crippen LogP contribution in [0.2, 0.25) is 0 Å². The van der Waals surface area contributed by atoms with E-state index in [4.69, 9.17) is 9.47 Å². The van der Waals surface area contributed by atoms with Crippen LogP contribution in [-0.2, 0) is 19.7 Å². The van der Waals surface area contributed by atoms with Gasteiger partial charge in [-0.15, -0.1) is 0 Å². The Morgan fingerprint density at radius 1 is 1.11 bits per heavy atom. The summed E-state index contributed by atoms with van der Waals surface area (Å²) >= 11 is 0. The van der Waals surface area contributed by atoms with Crippen LogP contribution in [0.3, 0.4) is 0 Å². The SMILES string of the molecule is CC(C)(C)c1cc(NC(=O)COC(=O)c2cc([N+](=O)[O-])ccc2N2CCOCC2)n(-c2ccccc2)n1. The molecular formula is C26H29N5O6. The topological polar surface area (TPSA) is 129 Å². The quantitative estimate of drug-likeness (QED) is 0.291. The number of anilines is 2. The van der Waals surface area contributed by atoms with E-state index in [0.29, 0.717) is 37.8 Å². The molecule has 11 nitrogen and oxygen atoms in total. The van der Waals surface area contributed by atoms with Crippen LogP contribution in [0.5, 0.6) is 0 Å². The van der Waals surface area contributed by atoms with Crippen molar-refractivity contribution in [1.82, 2.24) is 9.78 Å². The Kier molecular flexibility index (Phi) is 7.53. The van der Waals surface area contributed by atoms with Crippen molar-refractivity contribution in [3.63, 3.8) is 0 Å². The molecular weight excluding hydrogens is 478 g/mol. The van der Waals surface area contributed by atoms with Crippen LogP contribution < -0.4 is 10.2 Å². The van der Waals surface area contributed by atoms with Crippen LogP contribution in [0, 0.1) is 10.1 Å². The summed E-state index contributed by atoms with van der Waals surface area (Å²) in [5.74, 6) is -0.960. The van der Waals surface area contributed by atoms with Gasteiger partial charge in [0.05, 0.1) is 40.8 Å². The zero-order chi connectivity index (χ0) is 26.6. The number of nitro groups is 1. The van der Waals surface area contributed by atoms with Crippen molar-refractivity contribution < 1.29 is 24.0 Å². The normalized spacial score (nSPS) is 13.8. The van der Waals surface area contributed by atoms with Gasteiger partial charge in [0, 0.05) is 36.7 Å². The van der Waals surface area contributed by atoms with Crippen molar-refractivity contribution >= 4 is 29.1 Å². The van der Waals surface area contributed by atoms with E-state index in [1.807, 2.05) is 56.0 Å². The maximum Gasteiger partial charge on any atom is 0.341 e. The van der Waals surface area contributed by atoms with Gasteiger partial charge in [-0.05, 0) is 18.2 Å². The average Bonchev–Trinajstić information content (AvgIpc) is 3.32. The number of non-ortho nitro benzene ring substituents is 1. The highest BCUT2D eigenvalue weighted by molar-refractivity contribution is 5.99. The Morgan fingerprint density at radius 3 is 2.46 bits per heavy atom. The smallest absolute Gasteiger partial charge is 0.341 e. The molecule has 2 heterocycles. The lowest BCUT2D eigenvalue weighted by atomic mass is 9.92. The fraction of sp³-hybridized carbons (Fsp3) is 0.346. The van der Waals surface area contributed by atoms with Crippen molar-refractivity contribution in [2.24, 2.45) is 0 Å². The molecule has 0 aliphatic carbocycles. The predicted molar refractivity (Wildman–Crippen MR) is 137 cm³/mol. The van der Waals surface area contributed by atoms with E-state index in [2.05, 4.69) is 10.4 Å². The minimum absolute atomic E-state index is 0.0215. The van der Waals surface area contributed by atoms with Crippen molar-refractivity contribution in [2.45, 2.75) is 26.2 Å². The van der Waals surface area contributed by atoms with Gasteiger partial charge in [-0.3, -0.25) is 14.9 Å². The molecule has 0 spiro atoms. The summed E-state index contributed by atoms with van der Waals surface area (Å²) < 4.78 is 12.3. The van der Waals surface area contributed by atoms with Gasteiger partial charge in [0.1, 0.15) is 5.82 Å². The first-order valence-electron chi connectivity index (χ1n) is 11.9. The van der Waals surface area contributed by atoms with Gasteiger partial charge in [0.2, 0.25) is 0 Å². The molecule has 4 rings (SSSR count). The molecule has 1 aliphatic rings. The molecule has 1 N–H and O–H groups in total. The number of hydrogen-bond donors (Lipinski definition) is 1. The third kappa shape index (κ3) is 6.12. The molecule has 0 radical (unpaired) electrons. The van der Waals surface area contributed by atoms with Crippen molar-refractivity contribution in [1.29, 1.82) is 0 Å². The number of nitrogens with one attached hydrogen (secondary N) is 1. The van der Waals surface area contributed by atoms with Crippen LogP contribution in [-0.4, -0.2) is 59.5 Å². The average molecular weight is 508 g/mol. The largest absolute Gasteiger partial charge is 0.452 e. The molecule has 1 aromatic heterocycles. The molecule has 1 aliphatic heterocycles. The summed E-state index contributed by atoms with van der Waals surface area (Å²) in [5.41, 5.74) is 1.55. The molecule has 0 unspecified atom stereocenters. The first kappa shape index (κ1) is 25.8. The number of esters is 1. The number of amides is 1. The Labute approximate surface area is 214 Å². The lowest BCUT2D eigenvalue weighted by molar-refractivity contribution is -0.384. The molecule has 1 saturated heterocycles. The first-order chi connectivity index (χ1) is 17.6. The number of nitrogens with zero attached hydrogens (tertiary/aromatic N) is 4. The minimum atomic E-state index is -0.827. The van der Waals surface area contributed by atoms with E-state index in [0.717, 1.165) is 11.4 Å². The van der Waals surface area contributed by atoms with Gasteiger partial charge < -0.3 is 19.7 Å². The monoisotopic (exact) mass is 507 g/mol. The number of rotatable bonds is 7. The molecule has 3 aromatic rings. The number of hydrogen-bond acceptors (Lipinski definition) is 8. The molecule has 0 saturated carbocycles. The maximum absolute atomic E-state index is 13.0. The van der Waals surface area contributed by atoms with Gasteiger partial charge >= 0.3 is 5.97 Å². The lowest BCUT2D eigenvalue weighted by Gasteiger charge is -2.30. The van der Waals surface area contributed by atoms with Crippen molar-refractivity contribution in [2.75, 3.05) is 43.1 Å². The zero-order valence-corrected chi connectivity index (χ0v) is 21.0. The van der Waals surface area contributed by atoms with Gasteiger partial charge in [-0.2, -0.15) is 5.10 Å². The van der Waals surface area contributed by atoms with Gasteiger partial charge in [-0.25, -0.2) is 9.48 Å². The molecule has 1 fully saturated rings. The number of aromatic nitrogens is 2. The fourth-order valence-corrected chi connectivity index (χ4v) is 3.87. The first-order valence-corrected chi connectivity index (χ1v) is 11.9. The third-order valence-corrected chi connectivity index (χ3v) is 5.84. The van der Waals surface area contributed by atoms with Crippen LogP contribution in [0.25, 0.3) is 5.69 Å². The van der Waals surface area contributed by atoms with Crippen LogP contribution in [0.4, 0.5) is 17.2 Å². The predicted octanol–water partition coefficient (Wildman–Crippen LogP) is 3.71. The maximum atomic E-state index is 13.0. The molecule has 37 heavy (non-hydrogen) atoms. The standard InChI is InChI=1S/C26H29N5O6/c1-26(2,3)22-16-23(30(28-22)18-7-5-4-6-8-18)27-24(32)17-37-25(33)20-15-19(31(34)35)9-10-21(20)29-11-13-36-14-12-29/h4-10,15-16H,11-14,17H2,1-3H3,(H,27,32). The summed E-state index contributed by atoms with van der Waals surface area (Å²) in [6.45, 7) is 7.47. The highest BCUT2D eigenvalue weighted by Gasteiger charge is 2.25. The third-order valence-electron chi connectivity index (χ3n) is 5.84. The number of nitro benzene ring substituents is 1. The van der Waals surface area contributed by atoms with E-state index in [-0.39, 0.29) is 16.7 Å². The second kappa shape index (κ2) is 10.8. The summed E-state index contributed by atoms with van der Waals surface area (Å²) in [4.78, 5) is 38.4. The Morgan fingerprint density at radius 2 is 1.81 bits per heavy atom. The minimum Gasteiger partial charge on any atom is -0.452 e. The van der Waals surface area contributed by atoms with Gasteiger partial charge in [0.15, 0.2) is 6.61 Å². The number of ether oxygens (including phenoxy) is 2. The molecule has 194 valence electrons. The Bertz CT molecular complexity index is 1290. The number of morpholine rings is 1. The van der Waals surface area contributed by atoms with Crippen LogP contribution in [0.1, 0.15) is 36.8 Å². The van der Waals surface area contributed by atoms with Crippen LogP contribution >= 0.6 is 0 Å². The lowest BCUT2D eigenvalue weighted by Crippen LogP contribution is -2.37. The van der Waals surface area contributed by atoms with E-state index in [1.165, 1.54) is 18.2 Å². The molecule has 1 amide bonds. The second-order valence-electron chi connectivity index (χ2n) is 9.59. The zero-order valence-electron chi connectivity index (χ0n) is 21.0. The number of benzene rings is 2. The number of carbonyl (C=O) groups excluding carboxylic acids is 2. The van der Waals surface area contributed by atoms with E-state index >= 15 is 0 Å². The van der Waals surface area contributed by atoms with Gasteiger partial charge in [-0.1, -0.05) is 39.0 Å². The van der Waals surface area contributed by atoms with E-state index in [1.54, 1.807) is 10.7 Å². The van der Waals surface area contributed by atoms with Crippen LogP contribution in [0.15, 0.2) is 54.6 Å². The number of para-hydroxylation sites is 1. The summed E-state index contributed by atoms with van der Waals surface area (Å²) in [5, 5.41) is 18.7. The molecule has 11 heteroatoms. The summed E-state index contributed by atoms with van der Waals surface area (Å²) in [6.07, 6.45) is 0. The Balaban J connectivity index is 1.51. The van der Waals surface area contributed by atoms with Crippen molar-refractivity contribution in [3.8, 4) is 5.69 Å². The van der Waals surface area contributed by atoms with Crippen molar-refractivity contribution in [3.05, 3.63) is 76.0 Å². The summed E-state index contributed by atoms with van der Waals surface area (Å²) in [7, 11) is 0. The Hall–Kier alpha value is -4.25.